The molecule has 3 N–H and O–H groups in total. The van der Waals surface area contributed by atoms with Gasteiger partial charge in [-0.25, -0.2) is 5.84 Å². The molecule has 1 fully saturated rings. The standard InChI is InChI=1S/C11H24N4/c1-3-4-7-13-11(14-12)15-8-5-10(2)6-9-15/h10H,3-9,12H2,1-2H3,(H,13,14). The highest BCUT2D eigenvalue weighted by Gasteiger charge is 2.17. The normalized spacial score (nSPS) is 19.4. The number of piperidine rings is 1. The molecule has 0 saturated carbocycles. The Bertz CT molecular complexity index is 195. The van der Waals surface area contributed by atoms with Crippen LogP contribution in [0.2, 0.25) is 0 Å². The summed E-state index contributed by atoms with van der Waals surface area (Å²) in [5.41, 5.74) is 2.72. The molecule has 0 aliphatic carbocycles. The molecule has 0 aromatic heterocycles. The number of hydrazine groups is 1. The zero-order valence-electron chi connectivity index (χ0n) is 10.00. The van der Waals surface area contributed by atoms with Gasteiger partial charge in [-0.1, -0.05) is 20.3 Å². The molecule has 0 aromatic rings. The van der Waals surface area contributed by atoms with Gasteiger partial charge in [-0.05, 0) is 25.2 Å². The third-order valence-corrected chi connectivity index (χ3v) is 2.99. The van der Waals surface area contributed by atoms with E-state index in [1.165, 1.54) is 19.3 Å². The van der Waals surface area contributed by atoms with Crippen molar-refractivity contribution >= 4 is 5.96 Å². The molecular formula is C11H24N4. The van der Waals surface area contributed by atoms with Crippen molar-refractivity contribution in [1.29, 1.82) is 0 Å². The number of nitrogens with zero attached hydrogens (tertiary/aromatic N) is 2. The van der Waals surface area contributed by atoms with E-state index < -0.39 is 0 Å². The van der Waals surface area contributed by atoms with E-state index in [0.717, 1.165) is 37.9 Å². The van der Waals surface area contributed by atoms with Gasteiger partial charge < -0.3 is 4.90 Å². The smallest absolute Gasteiger partial charge is 0.208 e. The molecule has 4 nitrogen and oxygen atoms in total. The Morgan fingerprint density at radius 1 is 1.47 bits per heavy atom. The van der Waals surface area contributed by atoms with Crippen molar-refractivity contribution in [3.8, 4) is 0 Å². The number of likely N-dealkylation sites (tertiary alicyclic amines) is 1. The predicted molar refractivity (Wildman–Crippen MR) is 64.5 cm³/mol. The minimum Gasteiger partial charge on any atom is -0.342 e. The monoisotopic (exact) mass is 212 g/mol. The topological polar surface area (TPSA) is 53.6 Å². The average molecular weight is 212 g/mol. The molecule has 0 spiro atoms. The maximum absolute atomic E-state index is 5.50. The number of aliphatic imine (C=N–C) groups is 1. The SMILES string of the molecule is CCCCN=C(NN)N1CCC(C)CC1. The summed E-state index contributed by atoms with van der Waals surface area (Å²) in [5, 5.41) is 0. The Morgan fingerprint density at radius 2 is 2.13 bits per heavy atom. The molecule has 88 valence electrons. The highest BCUT2D eigenvalue weighted by Crippen LogP contribution is 2.15. The minimum absolute atomic E-state index is 0.843. The van der Waals surface area contributed by atoms with E-state index in [9.17, 15) is 0 Å². The van der Waals surface area contributed by atoms with E-state index in [0.29, 0.717) is 0 Å². The summed E-state index contributed by atoms with van der Waals surface area (Å²) in [4.78, 5) is 6.75. The molecule has 1 heterocycles. The van der Waals surface area contributed by atoms with Gasteiger partial charge in [0.05, 0.1) is 0 Å². The van der Waals surface area contributed by atoms with Crippen LogP contribution in [0, 0.1) is 5.92 Å². The van der Waals surface area contributed by atoms with Crippen LogP contribution >= 0.6 is 0 Å². The summed E-state index contributed by atoms with van der Waals surface area (Å²) in [5.74, 6) is 7.21. The highest BCUT2D eigenvalue weighted by molar-refractivity contribution is 5.79. The van der Waals surface area contributed by atoms with Crippen molar-refractivity contribution in [1.82, 2.24) is 10.3 Å². The highest BCUT2D eigenvalue weighted by atomic mass is 15.4. The maximum atomic E-state index is 5.50. The van der Waals surface area contributed by atoms with Crippen LogP contribution < -0.4 is 11.3 Å². The molecule has 0 bridgehead atoms. The first kappa shape index (κ1) is 12.3. The van der Waals surface area contributed by atoms with Crippen molar-refractivity contribution in [2.45, 2.75) is 39.5 Å². The number of nitrogens with two attached hydrogens (primary N) is 1. The fourth-order valence-electron chi connectivity index (χ4n) is 1.80. The van der Waals surface area contributed by atoms with Gasteiger partial charge in [0.2, 0.25) is 5.96 Å². The molecule has 0 atom stereocenters. The van der Waals surface area contributed by atoms with Crippen LogP contribution in [0.3, 0.4) is 0 Å². The predicted octanol–water partition coefficient (Wildman–Crippen LogP) is 1.34. The van der Waals surface area contributed by atoms with Crippen molar-refractivity contribution in [3.63, 3.8) is 0 Å². The van der Waals surface area contributed by atoms with Crippen molar-refractivity contribution < 1.29 is 0 Å². The van der Waals surface area contributed by atoms with Gasteiger partial charge in [-0.2, -0.15) is 0 Å². The number of hydrogen-bond acceptors (Lipinski definition) is 2. The van der Waals surface area contributed by atoms with Crippen LogP contribution in [0.25, 0.3) is 0 Å². The van der Waals surface area contributed by atoms with Crippen molar-refractivity contribution in [2.75, 3.05) is 19.6 Å². The summed E-state index contributed by atoms with van der Waals surface area (Å²) in [7, 11) is 0. The average Bonchev–Trinajstić information content (AvgIpc) is 2.26. The Hall–Kier alpha value is -0.770. The molecule has 1 aliphatic rings. The Kier molecular flexibility index (Phi) is 5.47. The van der Waals surface area contributed by atoms with Gasteiger partial charge in [0.1, 0.15) is 0 Å². The quantitative estimate of drug-likeness (QED) is 0.244. The Balaban J connectivity index is 2.40. The fraction of sp³-hybridized carbons (Fsp3) is 0.909. The molecule has 0 aromatic carbocycles. The second-order valence-corrected chi connectivity index (χ2v) is 4.37. The molecule has 0 amide bonds. The zero-order chi connectivity index (χ0) is 11.1. The van der Waals surface area contributed by atoms with E-state index in [2.05, 4.69) is 29.2 Å². The maximum Gasteiger partial charge on any atom is 0.208 e. The fourth-order valence-corrected chi connectivity index (χ4v) is 1.80. The first-order valence-corrected chi connectivity index (χ1v) is 6.04. The second kappa shape index (κ2) is 6.67. The lowest BCUT2D eigenvalue weighted by molar-refractivity contribution is 0.273. The van der Waals surface area contributed by atoms with Gasteiger partial charge in [0, 0.05) is 19.6 Å². The van der Waals surface area contributed by atoms with Crippen molar-refractivity contribution in [2.24, 2.45) is 16.8 Å². The second-order valence-electron chi connectivity index (χ2n) is 4.37. The lowest BCUT2D eigenvalue weighted by Gasteiger charge is -2.32. The lowest BCUT2D eigenvalue weighted by atomic mass is 10.00. The minimum atomic E-state index is 0.843. The summed E-state index contributed by atoms with van der Waals surface area (Å²) in [6.45, 7) is 7.52. The van der Waals surface area contributed by atoms with Gasteiger partial charge in [-0.3, -0.25) is 10.4 Å². The molecule has 1 rings (SSSR count). The van der Waals surface area contributed by atoms with E-state index in [-0.39, 0.29) is 0 Å². The Labute approximate surface area is 92.9 Å². The molecule has 1 saturated heterocycles. The molecule has 0 radical (unpaired) electrons. The summed E-state index contributed by atoms with van der Waals surface area (Å²) in [6.07, 6.45) is 4.80. The van der Waals surface area contributed by atoms with Crippen molar-refractivity contribution in [3.05, 3.63) is 0 Å². The Morgan fingerprint density at radius 3 is 2.67 bits per heavy atom. The molecule has 0 unspecified atom stereocenters. The van der Waals surface area contributed by atoms with Gasteiger partial charge in [0.15, 0.2) is 0 Å². The van der Waals surface area contributed by atoms with Crippen LogP contribution in [0.5, 0.6) is 0 Å². The largest absolute Gasteiger partial charge is 0.342 e. The van der Waals surface area contributed by atoms with Crippen LogP contribution in [0.15, 0.2) is 4.99 Å². The van der Waals surface area contributed by atoms with Crippen LogP contribution in [-0.2, 0) is 0 Å². The first-order valence-electron chi connectivity index (χ1n) is 6.04. The van der Waals surface area contributed by atoms with E-state index in [4.69, 9.17) is 5.84 Å². The first-order chi connectivity index (χ1) is 7.27. The van der Waals surface area contributed by atoms with Gasteiger partial charge in [-0.15, -0.1) is 0 Å². The molecule has 1 aliphatic heterocycles. The summed E-state index contributed by atoms with van der Waals surface area (Å²) < 4.78 is 0. The number of guanidine groups is 1. The molecule has 15 heavy (non-hydrogen) atoms. The number of unbranched alkanes of at least 4 members (excludes halogenated alkanes) is 1. The van der Waals surface area contributed by atoms with Crippen LogP contribution in [-0.4, -0.2) is 30.5 Å². The number of nitrogens with one attached hydrogen (secondary N) is 1. The van der Waals surface area contributed by atoms with Gasteiger partial charge >= 0.3 is 0 Å². The summed E-state index contributed by atoms with van der Waals surface area (Å²) >= 11 is 0. The van der Waals surface area contributed by atoms with Gasteiger partial charge in [0.25, 0.3) is 0 Å². The molecular weight excluding hydrogens is 188 g/mol. The zero-order valence-corrected chi connectivity index (χ0v) is 10.00. The third kappa shape index (κ3) is 4.08. The lowest BCUT2D eigenvalue weighted by Crippen LogP contribution is -2.48. The third-order valence-electron chi connectivity index (χ3n) is 2.99. The molecule has 4 heteroatoms. The van der Waals surface area contributed by atoms with E-state index in [1.54, 1.807) is 0 Å². The number of hydrogen-bond donors (Lipinski definition) is 2. The van der Waals surface area contributed by atoms with Crippen LogP contribution in [0.4, 0.5) is 0 Å². The number of rotatable bonds is 3. The van der Waals surface area contributed by atoms with E-state index >= 15 is 0 Å². The van der Waals surface area contributed by atoms with Crippen LogP contribution in [0.1, 0.15) is 39.5 Å². The van der Waals surface area contributed by atoms with E-state index in [1.807, 2.05) is 0 Å². The summed E-state index contributed by atoms with van der Waals surface area (Å²) in [6, 6.07) is 0.